The maximum atomic E-state index is 12.7. The fourth-order valence-corrected chi connectivity index (χ4v) is 3.45. The second-order valence-electron chi connectivity index (χ2n) is 6.26. The zero-order valence-corrected chi connectivity index (χ0v) is 14.0. The van der Waals surface area contributed by atoms with Crippen molar-refractivity contribution in [3.8, 4) is 0 Å². The summed E-state index contributed by atoms with van der Waals surface area (Å²) in [7, 11) is 0. The van der Waals surface area contributed by atoms with Crippen molar-refractivity contribution in [2.45, 2.75) is 49.5 Å². The van der Waals surface area contributed by atoms with Gasteiger partial charge in [-0.2, -0.15) is 0 Å². The van der Waals surface area contributed by atoms with Gasteiger partial charge in [0.05, 0.1) is 5.41 Å². The Balaban J connectivity index is 2.07. The zero-order chi connectivity index (χ0) is 16.9. The van der Waals surface area contributed by atoms with Crippen LogP contribution in [-0.4, -0.2) is 29.6 Å². The van der Waals surface area contributed by atoms with Gasteiger partial charge in [0.1, 0.15) is 6.04 Å². The van der Waals surface area contributed by atoms with E-state index >= 15 is 0 Å². The number of carbonyl (C=O) groups excluding carboxylic acids is 1. The molecule has 0 spiro atoms. The topological polar surface area (TPSA) is 92.4 Å². The Kier molecular flexibility index (Phi) is 6.07. The summed E-state index contributed by atoms with van der Waals surface area (Å²) in [5.74, 6) is -1.19. The van der Waals surface area contributed by atoms with E-state index in [9.17, 15) is 14.7 Å². The Bertz CT molecular complexity index is 553. The van der Waals surface area contributed by atoms with E-state index in [1.54, 1.807) is 0 Å². The average molecular weight is 336 g/mol. The zero-order valence-electron chi connectivity index (χ0n) is 13.1. The molecule has 1 unspecified atom stereocenters. The molecule has 0 aliphatic heterocycles. The number of carboxylic acid groups (broad SMARTS) is 1. The molecule has 23 heavy (non-hydrogen) atoms. The number of hydrogen-bond donors (Lipinski definition) is 4. The summed E-state index contributed by atoms with van der Waals surface area (Å²) in [6, 6.07) is 6.35. The van der Waals surface area contributed by atoms with Crippen LogP contribution in [0.25, 0.3) is 0 Å². The van der Waals surface area contributed by atoms with Crippen LogP contribution in [0.3, 0.4) is 0 Å². The SMILES string of the molecule is NCCC1(C(=O)NC(Cc2ccc(S)cc2)C(=O)O)CCCC1. The normalized spacial score (nSPS) is 17.7. The van der Waals surface area contributed by atoms with E-state index in [0.717, 1.165) is 36.1 Å². The van der Waals surface area contributed by atoms with E-state index in [4.69, 9.17) is 5.73 Å². The summed E-state index contributed by atoms with van der Waals surface area (Å²) in [4.78, 5) is 25.0. The number of nitrogens with one attached hydrogen (secondary N) is 1. The fraction of sp³-hybridized carbons (Fsp3) is 0.529. The predicted octanol–water partition coefficient (Wildman–Crippen LogP) is 2.00. The van der Waals surface area contributed by atoms with Crippen molar-refractivity contribution < 1.29 is 14.7 Å². The second kappa shape index (κ2) is 7.84. The standard InChI is InChI=1S/C17H24N2O3S/c18-10-9-17(7-1-2-8-17)16(22)19-14(15(20)21)11-12-3-5-13(23)6-4-12/h3-6,14,23H,1-2,7-11,18H2,(H,19,22)(H,20,21). The summed E-state index contributed by atoms with van der Waals surface area (Å²) >= 11 is 4.21. The highest BCUT2D eigenvalue weighted by atomic mass is 32.1. The highest BCUT2D eigenvalue weighted by Gasteiger charge is 2.41. The quantitative estimate of drug-likeness (QED) is 0.573. The molecule has 1 aliphatic rings. The van der Waals surface area contributed by atoms with Gasteiger partial charge in [-0.25, -0.2) is 4.79 Å². The summed E-state index contributed by atoms with van der Waals surface area (Å²) in [5.41, 5.74) is 6.02. The van der Waals surface area contributed by atoms with Gasteiger partial charge >= 0.3 is 5.97 Å². The van der Waals surface area contributed by atoms with Crippen LogP contribution in [0.1, 0.15) is 37.7 Å². The average Bonchev–Trinajstić information content (AvgIpc) is 2.99. The molecule has 0 heterocycles. The molecule has 1 aromatic carbocycles. The highest BCUT2D eigenvalue weighted by Crippen LogP contribution is 2.41. The van der Waals surface area contributed by atoms with Crippen LogP contribution >= 0.6 is 12.6 Å². The molecule has 2 rings (SSSR count). The molecule has 1 amide bonds. The lowest BCUT2D eigenvalue weighted by atomic mass is 9.81. The number of carbonyl (C=O) groups is 2. The van der Waals surface area contributed by atoms with Crippen LogP contribution < -0.4 is 11.1 Å². The Morgan fingerprint density at radius 3 is 2.39 bits per heavy atom. The molecule has 1 aromatic rings. The maximum Gasteiger partial charge on any atom is 0.326 e. The van der Waals surface area contributed by atoms with Gasteiger partial charge in [-0.3, -0.25) is 4.79 Å². The third-order valence-electron chi connectivity index (χ3n) is 4.64. The molecule has 4 N–H and O–H groups in total. The molecule has 1 fully saturated rings. The maximum absolute atomic E-state index is 12.7. The summed E-state index contributed by atoms with van der Waals surface area (Å²) in [6.45, 7) is 0.439. The van der Waals surface area contributed by atoms with Gasteiger partial charge in [-0.15, -0.1) is 12.6 Å². The number of hydrogen-bond acceptors (Lipinski definition) is 4. The molecule has 0 aromatic heterocycles. The number of benzene rings is 1. The molecule has 1 atom stereocenters. The van der Waals surface area contributed by atoms with E-state index in [1.165, 1.54) is 0 Å². The number of nitrogens with two attached hydrogens (primary N) is 1. The van der Waals surface area contributed by atoms with E-state index in [-0.39, 0.29) is 12.3 Å². The van der Waals surface area contributed by atoms with Crippen LogP contribution in [0, 0.1) is 5.41 Å². The van der Waals surface area contributed by atoms with Crippen molar-refractivity contribution >= 4 is 24.5 Å². The Labute approximate surface area is 142 Å². The largest absolute Gasteiger partial charge is 0.480 e. The van der Waals surface area contributed by atoms with E-state index < -0.39 is 17.4 Å². The van der Waals surface area contributed by atoms with Gasteiger partial charge in [0.15, 0.2) is 0 Å². The van der Waals surface area contributed by atoms with Crippen LogP contribution in [0.5, 0.6) is 0 Å². The first kappa shape index (κ1) is 17.8. The van der Waals surface area contributed by atoms with Crippen molar-refractivity contribution in [2.24, 2.45) is 11.1 Å². The lowest BCUT2D eigenvalue weighted by Gasteiger charge is -2.29. The third kappa shape index (κ3) is 4.48. The Morgan fingerprint density at radius 2 is 1.87 bits per heavy atom. The Morgan fingerprint density at radius 1 is 1.26 bits per heavy atom. The lowest BCUT2D eigenvalue weighted by Crippen LogP contribution is -2.49. The summed E-state index contributed by atoms with van der Waals surface area (Å²) < 4.78 is 0. The van der Waals surface area contributed by atoms with Gasteiger partial charge in [0, 0.05) is 11.3 Å². The summed E-state index contributed by atoms with van der Waals surface area (Å²) in [6.07, 6.45) is 4.43. The molecular weight excluding hydrogens is 312 g/mol. The van der Waals surface area contributed by atoms with Crippen LogP contribution in [0.2, 0.25) is 0 Å². The van der Waals surface area contributed by atoms with Gasteiger partial charge < -0.3 is 16.2 Å². The fourth-order valence-electron chi connectivity index (χ4n) is 3.30. The Hall–Kier alpha value is -1.53. The number of rotatable bonds is 7. The molecule has 1 aliphatic carbocycles. The molecule has 0 radical (unpaired) electrons. The van der Waals surface area contributed by atoms with Crippen molar-refractivity contribution in [1.82, 2.24) is 5.32 Å². The number of aliphatic carboxylic acids is 1. The monoisotopic (exact) mass is 336 g/mol. The number of carboxylic acids is 1. The molecule has 6 heteroatoms. The molecule has 0 saturated heterocycles. The van der Waals surface area contributed by atoms with Crippen molar-refractivity contribution in [3.63, 3.8) is 0 Å². The molecule has 1 saturated carbocycles. The van der Waals surface area contributed by atoms with Gasteiger partial charge in [-0.1, -0.05) is 25.0 Å². The van der Waals surface area contributed by atoms with Gasteiger partial charge in [0.2, 0.25) is 5.91 Å². The molecule has 0 bridgehead atoms. The van der Waals surface area contributed by atoms with Gasteiger partial charge in [0.25, 0.3) is 0 Å². The highest BCUT2D eigenvalue weighted by molar-refractivity contribution is 7.80. The van der Waals surface area contributed by atoms with E-state index in [1.807, 2.05) is 24.3 Å². The smallest absolute Gasteiger partial charge is 0.326 e. The number of amides is 1. The van der Waals surface area contributed by atoms with Crippen LogP contribution in [0.15, 0.2) is 29.2 Å². The second-order valence-corrected chi connectivity index (χ2v) is 6.78. The van der Waals surface area contributed by atoms with Crippen LogP contribution in [-0.2, 0) is 16.0 Å². The van der Waals surface area contributed by atoms with Crippen molar-refractivity contribution in [3.05, 3.63) is 29.8 Å². The lowest BCUT2D eigenvalue weighted by molar-refractivity contribution is -0.144. The first-order chi connectivity index (χ1) is 11.0. The first-order valence-corrected chi connectivity index (χ1v) is 8.43. The van der Waals surface area contributed by atoms with Crippen molar-refractivity contribution in [2.75, 3.05) is 6.54 Å². The minimum absolute atomic E-state index is 0.168. The minimum atomic E-state index is -1.02. The van der Waals surface area contributed by atoms with Gasteiger partial charge in [-0.05, 0) is 43.5 Å². The first-order valence-electron chi connectivity index (χ1n) is 7.98. The molecule has 126 valence electrons. The van der Waals surface area contributed by atoms with Crippen molar-refractivity contribution in [1.29, 1.82) is 0 Å². The number of thiol groups is 1. The summed E-state index contributed by atoms with van der Waals surface area (Å²) in [5, 5.41) is 12.2. The molecular formula is C17H24N2O3S. The van der Waals surface area contributed by atoms with Crippen LogP contribution in [0.4, 0.5) is 0 Å². The minimum Gasteiger partial charge on any atom is -0.480 e. The van der Waals surface area contributed by atoms with E-state index in [2.05, 4.69) is 17.9 Å². The third-order valence-corrected chi connectivity index (χ3v) is 4.94. The molecule has 5 nitrogen and oxygen atoms in total. The van der Waals surface area contributed by atoms with E-state index in [0.29, 0.717) is 13.0 Å². The predicted molar refractivity (Wildman–Crippen MR) is 91.5 cm³/mol.